The van der Waals surface area contributed by atoms with E-state index in [9.17, 15) is 37.5 Å². The summed E-state index contributed by atoms with van der Waals surface area (Å²) in [6, 6.07) is -2.33. The minimum absolute atomic E-state index is 0.0652. The molecular formula is C21H30F3N3O6. The number of aliphatic hydroxyl groups is 1. The summed E-state index contributed by atoms with van der Waals surface area (Å²) in [4.78, 5) is 51.9. The first-order chi connectivity index (χ1) is 15.3. The number of amides is 3. The fraction of sp³-hybridized carbons (Fsp3) is 0.810. The van der Waals surface area contributed by atoms with Gasteiger partial charge in [0.05, 0.1) is 6.04 Å². The van der Waals surface area contributed by atoms with Crippen molar-refractivity contribution in [2.75, 3.05) is 19.7 Å². The zero-order valence-electron chi connectivity index (χ0n) is 18.6. The lowest BCUT2D eigenvalue weighted by Crippen LogP contribution is -2.56. The number of ether oxygens (including phenoxy) is 1. The highest BCUT2D eigenvalue weighted by molar-refractivity contribution is 5.95. The van der Waals surface area contributed by atoms with Crippen molar-refractivity contribution in [3.8, 4) is 0 Å². The molecule has 3 aliphatic rings. The van der Waals surface area contributed by atoms with Crippen molar-refractivity contribution in [1.82, 2.24) is 15.5 Å². The van der Waals surface area contributed by atoms with E-state index in [1.54, 1.807) is 0 Å². The van der Waals surface area contributed by atoms with Gasteiger partial charge in [-0.2, -0.15) is 0 Å². The quantitative estimate of drug-likeness (QED) is 0.468. The summed E-state index contributed by atoms with van der Waals surface area (Å²) < 4.78 is 41.0. The van der Waals surface area contributed by atoms with Gasteiger partial charge in [-0.25, -0.2) is 0 Å². The number of likely N-dealkylation sites (tertiary alicyclic amines) is 1. The zero-order valence-corrected chi connectivity index (χ0v) is 18.6. The first-order valence-corrected chi connectivity index (χ1v) is 11.1. The number of hydrogen-bond acceptors (Lipinski definition) is 6. The Morgan fingerprint density at radius 2 is 1.94 bits per heavy atom. The minimum atomic E-state index is -5.02. The number of fused-ring (bicyclic) bond motifs is 1. The van der Waals surface area contributed by atoms with Gasteiger partial charge in [-0.05, 0) is 51.4 Å². The molecule has 12 heteroatoms. The van der Waals surface area contributed by atoms with E-state index in [0.717, 1.165) is 12.8 Å². The summed E-state index contributed by atoms with van der Waals surface area (Å²) in [5, 5.41) is 15.3. The van der Waals surface area contributed by atoms with Gasteiger partial charge in [0.25, 0.3) is 5.91 Å². The van der Waals surface area contributed by atoms with E-state index in [2.05, 4.69) is 15.4 Å². The van der Waals surface area contributed by atoms with Crippen molar-refractivity contribution < 1.29 is 42.2 Å². The van der Waals surface area contributed by atoms with Gasteiger partial charge in [0.1, 0.15) is 18.2 Å². The Bertz CT molecular complexity index is 797. The first kappa shape index (κ1) is 25.4. The minimum Gasteiger partial charge on any atom is -0.381 e. The Balaban J connectivity index is 1.78. The molecule has 1 saturated carbocycles. The number of carbonyl (C=O) groups is 4. The Morgan fingerprint density at radius 3 is 2.52 bits per heavy atom. The third kappa shape index (κ3) is 6.03. The Labute approximate surface area is 189 Å². The molecule has 1 aliphatic carbocycles. The van der Waals surface area contributed by atoms with Crippen molar-refractivity contribution in [1.29, 1.82) is 0 Å². The Hall–Kier alpha value is -2.21. The maximum absolute atomic E-state index is 13.3. The molecule has 2 heterocycles. The molecule has 3 rings (SSSR count). The van der Waals surface area contributed by atoms with Gasteiger partial charge >= 0.3 is 6.36 Å². The van der Waals surface area contributed by atoms with Crippen LogP contribution in [0.5, 0.6) is 0 Å². The van der Waals surface area contributed by atoms with Crippen LogP contribution >= 0.6 is 0 Å². The van der Waals surface area contributed by atoms with Crippen LogP contribution < -0.4 is 10.6 Å². The number of carbonyl (C=O) groups excluding carboxylic acids is 4. The van der Waals surface area contributed by atoms with Crippen LogP contribution in [0.25, 0.3) is 0 Å². The number of rotatable bonds is 8. The lowest BCUT2D eigenvalue weighted by molar-refractivity contribution is -0.321. The van der Waals surface area contributed by atoms with Crippen LogP contribution in [-0.4, -0.2) is 77.3 Å². The van der Waals surface area contributed by atoms with Crippen LogP contribution in [-0.2, 0) is 23.9 Å². The number of hydrogen-bond donors (Lipinski definition) is 3. The average Bonchev–Trinajstić information content (AvgIpc) is 3.39. The molecule has 0 radical (unpaired) electrons. The summed E-state index contributed by atoms with van der Waals surface area (Å²) in [5.41, 5.74) is -1.71. The normalized spacial score (nSPS) is 28.4. The second-order valence-corrected chi connectivity index (χ2v) is 9.59. The predicted molar refractivity (Wildman–Crippen MR) is 107 cm³/mol. The highest BCUT2D eigenvalue weighted by Crippen LogP contribution is 2.43. The monoisotopic (exact) mass is 477 g/mol. The summed E-state index contributed by atoms with van der Waals surface area (Å²) in [6.07, 6.45) is -2.44. The maximum Gasteiger partial charge on any atom is 0.522 e. The van der Waals surface area contributed by atoms with Gasteiger partial charge < -0.3 is 20.6 Å². The van der Waals surface area contributed by atoms with Crippen LogP contribution in [0.4, 0.5) is 13.2 Å². The highest BCUT2D eigenvalue weighted by Gasteiger charge is 2.52. The molecule has 5 atom stereocenters. The summed E-state index contributed by atoms with van der Waals surface area (Å²) in [7, 11) is 0. The molecule has 3 fully saturated rings. The topological polar surface area (TPSA) is 125 Å². The molecule has 9 nitrogen and oxygen atoms in total. The average molecular weight is 477 g/mol. The molecule has 33 heavy (non-hydrogen) atoms. The van der Waals surface area contributed by atoms with Crippen LogP contribution in [0.3, 0.4) is 0 Å². The van der Waals surface area contributed by atoms with Gasteiger partial charge in [0, 0.05) is 19.0 Å². The lowest BCUT2D eigenvalue weighted by atomic mass is 9.91. The van der Waals surface area contributed by atoms with Crippen molar-refractivity contribution in [3.05, 3.63) is 0 Å². The second kappa shape index (κ2) is 9.57. The van der Waals surface area contributed by atoms with E-state index in [0.29, 0.717) is 19.4 Å². The van der Waals surface area contributed by atoms with Crippen molar-refractivity contribution in [2.45, 2.75) is 70.0 Å². The number of ketones is 1. The molecule has 0 aromatic heterocycles. The standard InChI is InChI=1S/C21H30F3N3O6/c1-20(2,32)19(31)27-9-12-4-3-5-13(12)16(27)18(30)26-14(8-11-6-7-25-17(11)29)15(28)10-33-21(22,23)24/h11-14,16,32H,3-10H2,1-2H3,(H,25,29)(H,26,30)/t11-,12-,13-,14?,16-/m0/s1. The highest BCUT2D eigenvalue weighted by atomic mass is 19.4. The molecule has 3 amide bonds. The molecule has 2 saturated heterocycles. The van der Waals surface area contributed by atoms with Crippen molar-refractivity contribution in [2.24, 2.45) is 17.8 Å². The number of halogens is 3. The molecule has 0 aromatic rings. The smallest absolute Gasteiger partial charge is 0.381 e. The molecule has 2 aliphatic heterocycles. The van der Waals surface area contributed by atoms with Gasteiger partial charge in [-0.15, -0.1) is 13.2 Å². The number of Topliss-reactive ketones (excluding diaryl/α,β-unsaturated/α-hetero) is 1. The van der Waals surface area contributed by atoms with Crippen LogP contribution in [0.2, 0.25) is 0 Å². The predicted octanol–water partition coefficient (Wildman–Crippen LogP) is 0.501. The number of alkyl halides is 3. The number of nitrogens with zero attached hydrogens (tertiary/aromatic N) is 1. The molecule has 186 valence electrons. The van der Waals surface area contributed by atoms with E-state index < -0.39 is 54.2 Å². The SMILES string of the molecule is CC(C)(O)C(=O)N1C[C@@H]2CCC[C@@H]2[C@H]1C(=O)NC(C[C@@H]1CCNC1=O)C(=O)COC(F)(F)F. The van der Waals surface area contributed by atoms with E-state index in [1.807, 2.05) is 0 Å². The van der Waals surface area contributed by atoms with E-state index >= 15 is 0 Å². The third-order valence-electron chi connectivity index (χ3n) is 6.71. The lowest BCUT2D eigenvalue weighted by Gasteiger charge is -2.32. The van der Waals surface area contributed by atoms with E-state index in [-0.39, 0.29) is 30.7 Å². The molecule has 0 aromatic carbocycles. The van der Waals surface area contributed by atoms with E-state index in [4.69, 9.17) is 0 Å². The van der Waals surface area contributed by atoms with Gasteiger partial charge in [0.2, 0.25) is 11.8 Å². The molecule has 1 unspecified atom stereocenters. The largest absolute Gasteiger partial charge is 0.522 e. The first-order valence-electron chi connectivity index (χ1n) is 11.1. The summed E-state index contributed by atoms with van der Waals surface area (Å²) >= 11 is 0. The molecule has 3 N–H and O–H groups in total. The van der Waals surface area contributed by atoms with Gasteiger partial charge in [0.15, 0.2) is 5.78 Å². The van der Waals surface area contributed by atoms with Crippen molar-refractivity contribution >= 4 is 23.5 Å². The fourth-order valence-corrected chi connectivity index (χ4v) is 5.14. The maximum atomic E-state index is 13.3. The molecular weight excluding hydrogens is 447 g/mol. The van der Waals surface area contributed by atoms with Crippen LogP contribution in [0, 0.1) is 17.8 Å². The second-order valence-electron chi connectivity index (χ2n) is 9.59. The Kier molecular flexibility index (Phi) is 7.37. The zero-order chi connectivity index (χ0) is 24.6. The fourth-order valence-electron chi connectivity index (χ4n) is 5.14. The number of nitrogens with one attached hydrogen (secondary N) is 2. The van der Waals surface area contributed by atoms with Gasteiger partial charge in [-0.3, -0.25) is 23.9 Å². The van der Waals surface area contributed by atoms with Crippen LogP contribution in [0.15, 0.2) is 0 Å². The van der Waals surface area contributed by atoms with Crippen molar-refractivity contribution in [3.63, 3.8) is 0 Å². The summed E-state index contributed by atoms with van der Waals surface area (Å²) in [6.45, 7) is 1.99. The summed E-state index contributed by atoms with van der Waals surface area (Å²) in [5.74, 6) is -3.40. The molecule has 0 bridgehead atoms. The van der Waals surface area contributed by atoms with E-state index in [1.165, 1.54) is 18.7 Å². The third-order valence-corrected chi connectivity index (χ3v) is 6.71. The Morgan fingerprint density at radius 1 is 1.24 bits per heavy atom. The van der Waals surface area contributed by atoms with Gasteiger partial charge in [-0.1, -0.05) is 6.42 Å². The molecule has 0 spiro atoms. The van der Waals surface area contributed by atoms with Crippen LogP contribution in [0.1, 0.15) is 46.0 Å².